The van der Waals surface area contributed by atoms with Gasteiger partial charge in [-0.25, -0.2) is 4.98 Å². The standard InChI is InChI=1S/C12H21N5/c1-2-10(12-14-9-15-16-12)8-17(7-1)11-3-5-13-6-4-11/h9-11,13H,1-8H2,(H,14,15,16). The van der Waals surface area contributed by atoms with Gasteiger partial charge >= 0.3 is 0 Å². The number of aromatic nitrogens is 3. The first-order valence-electron chi connectivity index (χ1n) is 6.73. The van der Waals surface area contributed by atoms with Crippen molar-refractivity contribution in [2.24, 2.45) is 0 Å². The third-order valence-corrected chi connectivity index (χ3v) is 4.10. The van der Waals surface area contributed by atoms with Gasteiger partial charge in [-0.2, -0.15) is 5.10 Å². The first-order valence-corrected chi connectivity index (χ1v) is 6.73. The molecule has 2 aliphatic heterocycles. The highest BCUT2D eigenvalue weighted by Gasteiger charge is 2.28. The zero-order valence-electron chi connectivity index (χ0n) is 10.2. The van der Waals surface area contributed by atoms with E-state index >= 15 is 0 Å². The van der Waals surface area contributed by atoms with Crippen molar-refractivity contribution in [2.45, 2.75) is 37.6 Å². The molecule has 0 aromatic carbocycles. The second-order valence-electron chi connectivity index (χ2n) is 5.19. The molecular weight excluding hydrogens is 214 g/mol. The number of rotatable bonds is 2. The number of aromatic amines is 1. The maximum Gasteiger partial charge on any atom is 0.137 e. The van der Waals surface area contributed by atoms with E-state index in [1.54, 1.807) is 6.33 Å². The Morgan fingerprint density at radius 2 is 2.12 bits per heavy atom. The lowest BCUT2D eigenvalue weighted by atomic mass is 9.94. The summed E-state index contributed by atoms with van der Waals surface area (Å²) in [6, 6.07) is 0.780. The molecule has 2 saturated heterocycles. The molecule has 5 heteroatoms. The summed E-state index contributed by atoms with van der Waals surface area (Å²) in [5.74, 6) is 1.63. The Bertz CT molecular complexity index is 331. The smallest absolute Gasteiger partial charge is 0.137 e. The molecule has 0 saturated carbocycles. The molecule has 3 rings (SSSR count). The number of nitrogens with zero attached hydrogens (tertiary/aromatic N) is 3. The van der Waals surface area contributed by atoms with E-state index in [0.717, 1.165) is 18.4 Å². The zero-order valence-corrected chi connectivity index (χ0v) is 10.2. The van der Waals surface area contributed by atoms with Crippen LogP contribution in [0.25, 0.3) is 0 Å². The molecule has 0 radical (unpaired) electrons. The van der Waals surface area contributed by atoms with Crippen LogP contribution in [-0.4, -0.2) is 52.3 Å². The molecule has 0 amide bonds. The predicted octanol–water partition coefficient (Wildman–Crippen LogP) is 0.736. The van der Waals surface area contributed by atoms with Crippen molar-refractivity contribution in [3.05, 3.63) is 12.2 Å². The van der Waals surface area contributed by atoms with Gasteiger partial charge in [-0.15, -0.1) is 0 Å². The van der Waals surface area contributed by atoms with Gasteiger partial charge in [0.1, 0.15) is 12.2 Å². The number of hydrogen-bond donors (Lipinski definition) is 2. The largest absolute Gasteiger partial charge is 0.317 e. The van der Waals surface area contributed by atoms with Crippen LogP contribution in [0.15, 0.2) is 6.33 Å². The van der Waals surface area contributed by atoms with E-state index in [2.05, 4.69) is 25.4 Å². The van der Waals surface area contributed by atoms with Crippen molar-refractivity contribution in [2.75, 3.05) is 26.2 Å². The number of piperidine rings is 2. The number of H-pyrrole nitrogens is 1. The summed E-state index contributed by atoms with van der Waals surface area (Å²) >= 11 is 0. The molecule has 0 spiro atoms. The Morgan fingerprint density at radius 3 is 2.88 bits per heavy atom. The summed E-state index contributed by atoms with van der Waals surface area (Å²) in [6.45, 7) is 4.76. The fourth-order valence-electron chi connectivity index (χ4n) is 3.14. The van der Waals surface area contributed by atoms with Crippen LogP contribution in [0.4, 0.5) is 0 Å². The Hall–Kier alpha value is -0.940. The molecule has 1 atom stereocenters. The number of likely N-dealkylation sites (tertiary alicyclic amines) is 1. The second-order valence-corrected chi connectivity index (χ2v) is 5.19. The van der Waals surface area contributed by atoms with E-state index in [1.807, 2.05) is 0 Å². The van der Waals surface area contributed by atoms with Gasteiger partial charge in [0, 0.05) is 18.5 Å². The van der Waals surface area contributed by atoms with Gasteiger partial charge in [-0.05, 0) is 45.3 Å². The van der Waals surface area contributed by atoms with Crippen LogP contribution in [-0.2, 0) is 0 Å². The summed E-state index contributed by atoms with van der Waals surface area (Å²) in [5, 5.41) is 10.4. The van der Waals surface area contributed by atoms with Gasteiger partial charge in [0.25, 0.3) is 0 Å². The second kappa shape index (κ2) is 5.14. The number of hydrogen-bond acceptors (Lipinski definition) is 4. The Labute approximate surface area is 102 Å². The fourth-order valence-corrected chi connectivity index (χ4v) is 3.14. The highest BCUT2D eigenvalue weighted by Crippen LogP contribution is 2.27. The van der Waals surface area contributed by atoms with Gasteiger partial charge in [0.2, 0.25) is 0 Å². The van der Waals surface area contributed by atoms with Crippen LogP contribution in [0.1, 0.15) is 37.4 Å². The Kier molecular flexibility index (Phi) is 3.38. The van der Waals surface area contributed by atoms with E-state index in [4.69, 9.17) is 0 Å². The summed E-state index contributed by atoms with van der Waals surface area (Å²) in [4.78, 5) is 6.98. The normalized spacial score (nSPS) is 28.4. The highest BCUT2D eigenvalue weighted by molar-refractivity contribution is 4.98. The molecule has 94 valence electrons. The van der Waals surface area contributed by atoms with Crippen molar-refractivity contribution in [3.63, 3.8) is 0 Å². The van der Waals surface area contributed by atoms with Crippen molar-refractivity contribution in [1.29, 1.82) is 0 Å². The van der Waals surface area contributed by atoms with E-state index in [0.29, 0.717) is 5.92 Å². The van der Waals surface area contributed by atoms with Crippen molar-refractivity contribution < 1.29 is 0 Å². The average Bonchev–Trinajstić information content (AvgIpc) is 2.94. The van der Waals surface area contributed by atoms with E-state index in [-0.39, 0.29) is 0 Å². The van der Waals surface area contributed by atoms with Crippen LogP contribution in [0.2, 0.25) is 0 Å². The Balaban J connectivity index is 1.63. The SMILES string of the molecule is c1n[nH]c(C2CCCN(C3CCNCC3)C2)n1. The summed E-state index contributed by atoms with van der Waals surface area (Å²) < 4.78 is 0. The van der Waals surface area contributed by atoms with Gasteiger partial charge in [0.15, 0.2) is 0 Å². The minimum Gasteiger partial charge on any atom is -0.317 e. The molecule has 2 fully saturated rings. The molecule has 17 heavy (non-hydrogen) atoms. The van der Waals surface area contributed by atoms with Crippen LogP contribution in [0.5, 0.6) is 0 Å². The topological polar surface area (TPSA) is 56.8 Å². The molecule has 0 bridgehead atoms. The lowest BCUT2D eigenvalue weighted by Gasteiger charge is -2.39. The molecule has 2 N–H and O–H groups in total. The van der Waals surface area contributed by atoms with Gasteiger partial charge < -0.3 is 5.32 Å². The maximum atomic E-state index is 4.31. The minimum atomic E-state index is 0.557. The van der Waals surface area contributed by atoms with Crippen LogP contribution in [0.3, 0.4) is 0 Å². The van der Waals surface area contributed by atoms with Gasteiger partial charge in [0.05, 0.1) is 0 Å². The first-order chi connectivity index (χ1) is 8.43. The van der Waals surface area contributed by atoms with Crippen molar-refractivity contribution in [1.82, 2.24) is 25.4 Å². The molecule has 5 nitrogen and oxygen atoms in total. The van der Waals surface area contributed by atoms with Gasteiger partial charge in [-0.3, -0.25) is 10.00 Å². The van der Waals surface area contributed by atoms with E-state index < -0.39 is 0 Å². The molecule has 1 unspecified atom stereocenters. The minimum absolute atomic E-state index is 0.557. The first kappa shape index (κ1) is 11.2. The zero-order chi connectivity index (χ0) is 11.5. The van der Waals surface area contributed by atoms with E-state index in [1.165, 1.54) is 45.3 Å². The van der Waals surface area contributed by atoms with Gasteiger partial charge in [-0.1, -0.05) is 0 Å². The summed E-state index contributed by atoms with van der Waals surface area (Å²) in [7, 11) is 0. The van der Waals surface area contributed by atoms with Crippen LogP contribution < -0.4 is 5.32 Å². The fraction of sp³-hybridized carbons (Fsp3) is 0.833. The number of nitrogens with one attached hydrogen (secondary N) is 2. The predicted molar refractivity (Wildman–Crippen MR) is 65.8 cm³/mol. The quantitative estimate of drug-likeness (QED) is 0.793. The third kappa shape index (κ3) is 2.50. The molecular formula is C12H21N5. The lowest BCUT2D eigenvalue weighted by Crippen LogP contribution is -2.47. The third-order valence-electron chi connectivity index (χ3n) is 4.10. The monoisotopic (exact) mass is 235 g/mol. The van der Waals surface area contributed by atoms with Crippen LogP contribution >= 0.6 is 0 Å². The maximum absolute atomic E-state index is 4.31. The molecule has 3 heterocycles. The Morgan fingerprint density at radius 1 is 1.24 bits per heavy atom. The van der Waals surface area contributed by atoms with E-state index in [9.17, 15) is 0 Å². The summed E-state index contributed by atoms with van der Waals surface area (Å²) in [5.41, 5.74) is 0. The molecule has 0 aliphatic carbocycles. The van der Waals surface area contributed by atoms with Crippen molar-refractivity contribution in [3.8, 4) is 0 Å². The van der Waals surface area contributed by atoms with Crippen LogP contribution in [0, 0.1) is 0 Å². The average molecular weight is 235 g/mol. The molecule has 1 aromatic rings. The molecule has 2 aliphatic rings. The summed E-state index contributed by atoms with van der Waals surface area (Å²) in [6.07, 6.45) is 6.75. The molecule has 1 aromatic heterocycles. The van der Waals surface area contributed by atoms with Crippen molar-refractivity contribution >= 4 is 0 Å². The lowest BCUT2D eigenvalue weighted by molar-refractivity contribution is 0.121. The highest BCUT2D eigenvalue weighted by atomic mass is 15.2.